The van der Waals surface area contributed by atoms with Gasteiger partial charge in [0.15, 0.2) is 11.5 Å². The molecule has 0 aliphatic heterocycles. The van der Waals surface area contributed by atoms with E-state index in [-0.39, 0.29) is 11.9 Å². The predicted molar refractivity (Wildman–Crippen MR) is 87.0 cm³/mol. The van der Waals surface area contributed by atoms with Gasteiger partial charge in [0.25, 0.3) is 5.91 Å². The third-order valence-corrected chi connectivity index (χ3v) is 3.66. The first-order chi connectivity index (χ1) is 10.3. The molecule has 0 spiro atoms. The summed E-state index contributed by atoms with van der Waals surface area (Å²) in [5.41, 5.74) is 0.487. The van der Waals surface area contributed by atoms with Gasteiger partial charge in [-0.1, -0.05) is 27.7 Å². The fourth-order valence-corrected chi connectivity index (χ4v) is 2.55. The smallest absolute Gasteiger partial charge is 0.251 e. The van der Waals surface area contributed by atoms with Crippen LogP contribution in [0.1, 0.15) is 38.1 Å². The van der Waals surface area contributed by atoms with Crippen LogP contribution in [0.3, 0.4) is 0 Å². The van der Waals surface area contributed by atoms with Crippen LogP contribution in [0.4, 0.5) is 0 Å². The molecule has 0 saturated carbocycles. The van der Waals surface area contributed by atoms with Crippen molar-refractivity contribution in [3.05, 3.63) is 17.7 Å². The Morgan fingerprint density at radius 1 is 0.909 bits per heavy atom. The minimum atomic E-state index is -0.147. The molecule has 1 aromatic rings. The third kappa shape index (κ3) is 4.06. The molecule has 5 nitrogen and oxygen atoms in total. The molecule has 1 rings (SSSR count). The summed E-state index contributed by atoms with van der Waals surface area (Å²) in [6.07, 6.45) is 0. The van der Waals surface area contributed by atoms with Gasteiger partial charge in [-0.2, -0.15) is 0 Å². The Morgan fingerprint density at radius 2 is 1.36 bits per heavy atom. The quantitative estimate of drug-likeness (QED) is 0.841. The first kappa shape index (κ1) is 18.1. The van der Waals surface area contributed by atoms with Crippen molar-refractivity contribution in [1.82, 2.24) is 5.32 Å². The lowest BCUT2D eigenvalue weighted by molar-refractivity contribution is 0.0909. The Morgan fingerprint density at radius 3 is 1.68 bits per heavy atom. The molecule has 5 heteroatoms. The van der Waals surface area contributed by atoms with E-state index in [4.69, 9.17) is 14.2 Å². The highest BCUT2D eigenvalue weighted by atomic mass is 16.5. The van der Waals surface area contributed by atoms with E-state index in [1.165, 1.54) is 21.3 Å². The van der Waals surface area contributed by atoms with Gasteiger partial charge in [0.1, 0.15) is 0 Å². The minimum Gasteiger partial charge on any atom is -0.493 e. The topological polar surface area (TPSA) is 56.8 Å². The second-order valence-electron chi connectivity index (χ2n) is 5.90. The van der Waals surface area contributed by atoms with Gasteiger partial charge in [0, 0.05) is 11.6 Å². The summed E-state index contributed by atoms with van der Waals surface area (Å²) in [6.45, 7) is 8.39. The van der Waals surface area contributed by atoms with Crippen LogP contribution >= 0.6 is 0 Å². The summed E-state index contributed by atoms with van der Waals surface area (Å²) >= 11 is 0. The minimum absolute atomic E-state index is 0.103. The highest BCUT2D eigenvalue weighted by molar-refractivity contribution is 5.95. The van der Waals surface area contributed by atoms with E-state index in [1.54, 1.807) is 12.1 Å². The molecule has 22 heavy (non-hydrogen) atoms. The lowest BCUT2D eigenvalue weighted by atomic mass is 9.93. The second-order valence-corrected chi connectivity index (χ2v) is 5.90. The van der Waals surface area contributed by atoms with Crippen LogP contribution in [0, 0.1) is 11.8 Å². The number of carbonyl (C=O) groups is 1. The first-order valence-electron chi connectivity index (χ1n) is 7.46. The van der Waals surface area contributed by atoms with E-state index in [0.29, 0.717) is 34.6 Å². The zero-order valence-electron chi connectivity index (χ0n) is 14.5. The number of ether oxygens (including phenoxy) is 3. The standard InChI is InChI=1S/C17H27NO4/c1-10(2)15(11(3)4)18-17(19)12-8-13(20-5)16(22-7)14(9-12)21-6/h8-11,15H,1-7H3,(H,18,19). The summed E-state index contributed by atoms with van der Waals surface area (Å²) in [7, 11) is 4.60. The highest BCUT2D eigenvalue weighted by Gasteiger charge is 2.22. The van der Waals surface area contributed by atoms with Crippen molar-refractivity contribution in [3.63, 3.8) is 0 Å². The summed E-state index contributed by atoms with van der Waals surface area (Å²) in [4.78, 5) is 12.5. The maximum absolute atomic E-state index is 12.5. The Labute approximate surface area is 132 Å². The number of amides is 1. The van der Waals surface area contributed by atoms with E-state index in [1.807, 2.05) is 0 Å². The van der Waals surface area contributed by atoms with Crippen LogP contribution in [0.15, 0.2) is 12.1 Å². The van der Waals surface area contributed by atoms with Crippen molar-refractivity contribution < 1.29 is 19.0 Å². The molecule has 0 atom stereocenters. The molecule has 0 bridgehead atoms. The molecular formula is C17H27NO4. The highest BCUT2D eigenvalue weighted by Crippen LogP contribution is 2.38. The van der Waals surface area contributed by atoms with Crippen molar-refractivity contribution in [1.29, 1.82) is 0 Å². The zero-order valence-corrected chi connectivity index (χ0v) is 14.5. The molecule has 0 radical (unpaired) electrons. The van der Waals surface area contributed by atoms with Crippen LogP contribution in [-0.4, -0.2) is 33.3 Å². The average Bonchev–Trinajstić information content (AvgIpc) is 2.49. The van der Waals surface area contributed by atoms with Crippen LogP contribution in [0.2, 0.25) is 0 Å². The average molecular weight is 309 g/mol. The molecular weight excluding hydrogens is 282 g/mol. The van der Waals surface area contributed by atoms with Crippen molar-refractivity contribution in [3.8, 4) is 17.2 Å². The summed E-state index contributed by atoms with van der Waals surface area (Å²) in [6, 6.07) is 3.43. The number of hydrogen-bond donors (Lipinski definition) is 1. The predicted octanol–water partition coefficient (Wildman–Crippen LogP) is 3.12. The number of hydrogen-bond acceptors (Lipinski definition) is 4. The number of benzene rings is 1. The number of carbonyl (C=O) groups excluding carboxylic acids is 1. The lowest BCUT2D eigenvalue weighted by Crippen LogP contribution is -2.42. The third-order valence-electron chi connectivity index (χ3n) is 3.66. The molecule has 0 heterocycles. The first-order valence-corrected chi connectivity index (χ1v) is 7.46. The van der Waals surface area contributed by atoms with E-state index >= 15 is 0 Å². The Hall–Kier alpha value is -1.91. The molecule has 0 saturated heterocycles. The zero-order chi connectivity index (χ0) is 16.9. The number of methoxy groups -OCH3 is 3. The lowest BCUT2D eigenvalue weighted by Gasteiger charge is -2.26. The molecule has 124 valence electrons. The second kappa shape index (κ2) is 7.92. The largest absolute Gasteiger partial charge is 0.493 e. The molecule has 1 N–H and O–H groups in total. The van der Waals surface area contributed by atoms with Gasteiger partial charge < -0.3 is 19.5 Å². The van der Waals surface area contributed by atoms with Crippen LogP contribution < -0.4 is 19.5 Å². The molecule has 0 aliphatic rings. The Bertz CT molecular complexity index is 478. The molecule has 0 aromatic heterocycles. The van der Waals surface area contributed by atoms with Gasteiger partial charge in [-0.05, 0) is 24.0 Å². The van der Waals surface area contributed by atoms with Crippen LogP contribution in [0.25, 0.3) is 0 Å². The number of nitrogens with one attached hydrogen (secondary N) is 1. The Kier molecular flexibility index (Phi) is 6.53. The van der Waals surface area contributed by atoms with Gasteiger partial charge in [0.2, 0.25) is 5.75 Å². The normalized spacial score (nSPS) is 11.0. The SMILES string of the molecule is COc1cc(C(=O)NC(C(C)C)C(C)C)cc(OC)c1OC. The fraction of sp³-hybridized carbons (Fsp3) is 0.588. The Balaban J connectivity index is 3.13. The van der Waals surface area contributed by atoms with Gasteiger partial charge in [-0.3, -0.25) is 4.79 Å². The van der Waals surface area contributed by atoms with Gasteiger partial charge in [-0.25, -0.2) is 0 Å². The molecule has 1 aromatic carbocycles. The van der Waals surface area contributed by atoms with Crippen molar-refractivity contribution >= 4 is 5.91 Å². The maximum Gasteiger partial charge on any atom is 0.251 e. The van der Waals surface area contributed by atoms with Gasteiger partial charge >= 0.3 is 0 Å². The van der Waals surface area contributed by atoms with Crippen molar-refractivity contribution in [2.75, 3.05) is 21.3 Å². The van der Waals surface area contributed by atoms with E-state index in [2.05, 4.69) is 33.0 Å². The fourth-order valence-electron chi connectivity index (χ4n) is 2.55. The van der Waals surface area contributed by atoms with Gasteiger partial charge in [-0.15, -0.1) is 0 Å². The van der Waals surface area contributed by atoms with Crippen LogP contribution in [0.5, 0.6) is 17.2 Å². The molecule has 1 amide bonds. The summed E-state index contributed by atoms with van der Waals surface area (Å²) in [5.74, 6) is 1.98. The van der Waals surface area contributed by atoms with Crippen LogP contribution in [-0.2, 0) is 0 Å². The van der Waals surface area contributed by atoms with E-state index < -0.39 is 0 Å². The number of rotatable bonds is 7. The molecule has 0 aliphatic carbocycles. The van der Waals surface area contributed by atoms with E-state index in [9.17, 15) is 4.79 Å². The van der Waals surface area contributed by atoms with Crippen molar-refractivity contribution in [2.24, 2.45) is 11.8 Å². The summed E-state index contributed by atoms with van der Waals surface area (Å²) in [5, 5.41) is 3.08. The molecule has 0 unspecified atom stereocenters. The van der Waals surface area contributed by atoms with Gasteiger partial charge in [0.05, 0.1) is 21.3 Å². The van der Waals surface area contributed by atoms with E-state index in [0.717, 1.165) is 0 Å². The van der Waals surface area contributed by atoms with Crippen molar-refractivity contribution in [2.45, 2.75) is 33.7 Å². The summed E-state index contributed by atoms with van der Waals surface area (Å²) < 4.78 is 15.8. The maximum atomic E-state index is 12.5. The monoisotopic (exact) mass is 309 g/mol. The molecule has 0 fully saturated rings.